The fraction of sp³-hybridized carbons (Fsp3) is 1.00. The molecule has 0 atom stereocenters. The van der Waals surface area contributed by atoms with Crippen LogP contribution in [0.15, 0.2) is 0 Å². The molecule has 2 nitrogen and oxygen atoms in total. The predicted octanol–water partition coefficient (Wildman–Crippen LogP) is 1.08. The smallest absolute Gasteiger partial charge is 0.0327 e. The van der Waals surface area contributed by atoms with Crippen molar-refractivity contribution in [3.05, 3.63) is 0 Å². The van der Waals surface area contributed by atoms with Crippen LogP contribution in [0.2, 0.25) is 0 Å². The predicted molar refractivity (Wildman–Crippen MR) is 48.8 cm³/mol. The van der Waals surface area contributed by atoms with E-state index in [1.807, 2.05) is 7.05 Å². The number of nitrogens with zero attached hydrogens (tertiary/aromatic N) is 1. The quantitative estimate of drug-likeness (QED) is 0.658. The normalized spacial score (nSPS) is 22.9. The van der Waals surface area contributed by atoms with Gasteiger partial charge < -0.3 is 10.2 Å². The second-order valence-corrected chi connectivity index (χ2v) is 3.86. The van der Waals surface area contributed by atoms with Gasteiger partial charge in [0.05, 0.1) is 0 Å². The molecule has 0 heterocycles. The van der Waals surface area contributed by atoms with Crippen LogP contribution in [-0.4, -0.2) is 38.1 Å². The molecular formula is C9H20N2. The minimum absolute atomic E-state index is 0.467. The molecule has 0 aromatic heterocycles. The summed E-state index contributed by atoms with van der Waals surface area (Å²) in [5.74, 6) is 0. The van der Waals surface area contributed by atoms with Crippen molar-refractivity contribution >= 4 is 0 Å². The summed E-state index contributed by atoms with van der Waals surface area (Å²) in [6.45, 7) is 1.14. The molecule has 1 fully saturated rings. The Kier molecular flexibility index (Phi) is 2.90. The Balaban J connectivity index is 2.55. The first-order chi connectivity index (χ1) is 5.21. The van der Waals surface area contributed by atoms with Crippen molar-refractivity contribution in [2.45, 2.75) is 31.2 Å². The molecule has 1 saturated carbocycles. The van der Waals surface area contributed by atoms with Crippen molar-refractivity contribution in [2.75, 3.05) is 27.7 Å². The molecule has 1 aliphatic rings. The van der Waals surface area contributed by atoms with Gasteiger partial charge in [-0.3, -0.25) is 0 Å². The molecule has 0 radical (unpaired) electrons. The topological polar surface area (TPSA) is 15.3 Å². The van der Waals surface area contributed by atoms with Crippen LogP contribution in [-0.2, 0) is 0 Å². The van der Waals surface area contributed by atoms with Gasteiger partial charge in [0.2, 0.25) is 0 Å². The highest BCUT2D eigenvalue weighted by Gasteiger charge is 2.34. The lowest BCUT2D eigenvalue weighted by Crippen LogP contribution is -2.48. The summed E-state index contributed by atoms with van der Waals surface area (Å²) < 4.78 is 0. The molecule has 0 amide bonds. The van der Waals surface area contributed by atoms with Crippen molar-refractivity contribution in [3.8, 4) is 0 Å². The molecule has 0 bridgehead atoms. The van der Waals surface area contributed by atoms with Crippen LogP contribution >= 0.6 is 0 Å². The minimum atomic E-state index is 0.467. The highest BCUT2D eigenvalue weighted by molar-refractivity contribution is 4.93. The van der Waals surface area contributed by atoms with Gasteiger partial charge in [0.15, 0.2) is 0 Å². The lowest BCUT2D eigenvalue weighted by Gasteiger charge is -2.36. The zero-order chi connectivity index (χ0) is 8.32. The first kappa shape index (κ1) is 9.01. The van der Waals surface area contributed by atoms with Gasteiger partial charge in [0, 0.05) is 12.1 Å². The van der Waals surface area contributed by atoms with Crippen molar-refractivity contribution in [3.63, 3.8) is 0 Å². The maximum Gasteiger partial charge on any atom is 0.0327 e. The molecule has 0 unspecified atom stereocenters. The summed E-state index contributed by atoms with van der Waals surface area (Å²) >= 11 is 0. The molecule has 0 aromatic rings. The van der Waals surface area contributed by atoms with Crippen LogP contribution in [0.3, 0.4) is 0 Å². The Morgan fingerprint density at radius 1 is 1.27 bits per heavy atom. The molecule has 0 aliphatic heterocycles. The van der Waals surface area contributed by atoms with E-state index in [2.05, 4.69) is 24.3 Å². The first-order valence-electron chi connectivity index (χ1n) is 4.53. The second kappa shape index (κ2) is 3.55. The number of hydrogen-bond acceptors (Lipinski definition) is 2. The molecule has 11 heavy (non-hydrogen) atoms. The Bertz CT molecular complexity index is 115. The van der Waals surface area contributed by atoms with Gasteiger partial charge in [-0.1, -0.05) is 12.8 Å². The maximum atomic E-state index is 3.29. The lowest BCUT2D eigenvalue weighted by molar-refractivity contribution is 0.157. The SMILES string of the molecule is CNCC1(N(C)C)CCCC1. The fourth-order valence-electron chi connectivity index (χ4n) is 2.14. The Morgan fingerprint density at radius 2 is 1.82 bits per heavy atom. The third kappa shape index (κ3) is 1.74. The zero-order valence-corrected chi connectivity index (χ0v) is 7.98. The van der Waals surface area contributed by atoms with Crippen LogP contribution in [0.4, 0.5) is 0 Å². The van der Waals surface area contributed by atoms with Gasteiger partial charge in [-0.25, -0.2) is 0 Å². The fourth-order valence-corrected chi connectivity index (χ4v) is 2.14. The Labute approximate surface area is 70.0 Å². The average Bonchev–Trinajstić information content (AvgIpc) is 2.38. The summed E-state index contributed by atoms with van der Waals surface area (Å²) in [5.41, 5.74) is 0.467. The summed E-state index contributed by atoms with van der Waals surface area (Å²) in [6, 6.07) is 0. The average molecular weight is 156 g/mol. The monoisotopic (exact) mass is 156 g/mol. The van der Waals surface area contributed by atoms with Crippen LogP contribution in [0.1, 0.15) is 25.7 Å². The van der Waals surface area contributed by atoms with Crippen LogP contribution in [0.25, 0.3) is 0 Å². The largest absolute Gasteiger partial charge is 0.318 e. The van der Waals surface area contributed by atoms with E-state index in [4.69, 9.17) is 0 Å². The molecule has 0 saturated heterocycles. The highest BCUT2D eigenvalue weighted by atomic mass is 15.2. The number of nitrogens with one attached hydrogen (secondary N) is 1. The lowest BCUT2D eigenvalue weighted by atomic mass is 9.96. The highest BCUT2D eigenvalue weighted by Crippen LogP contribution is 2.32. The summed E-state index contributed by atoms with van der Waals surface area (Å²) in [4.78, 5) is 2.39. The molecule has 1 aliphatic carbocycles. The van der Waals surface area contributed by atoms with Gasteiger partial charge >= 0.3 is 0 Å². The molecule has 66 valence electrons. The van der Waals surface area contributed by atoms with E-state index < -0.39 is 0 Å². The van der Waals surface area contributed by atoms with E-state index >= 15 is 0 Å². The molecule has 0 aromatic carbocycles. The number of rotatable bonds is 3. The number of likely N-dealkylation sites (N-methyl/N-ethyl adjacent to an activating group) is 2. The minimum Gasteiger partial charge on any atom is -0.318 e. The van der Waals surface area contributed by atoms with E-state index in [1.165, 1.54) is 25.7 Å². The van der Waals surface area contributed by atoms with E-state index in [9.17, 15) is 0 Å². The molecule has 0 spiro atoms. The van der Waals surface area contributed by atoms with Crippen LogP contribution in [0.5, 0.6) is 0 Å². The van der Waals surface area contributed by atoms with E-state index in [0.29, 0.717) is 5.54 Å². The first-order valence-corrected chi connectivity index (χ1v) is 4.53. The third-order valence-electron chi connectivity index (χ3n) is 2.99. The maximum absolute atomic E-state index is 3.29. The van der Waals surface area contributed by atoms with Crippen molar-refractivity contribution in [1.29, 1.82) is 0 Å². The molecule has 1 N–H and O–H groups in total. The third-order valence-corrected chi connectivity index (χ3v) is 2.99. The summed E-state index contributed by atoms with van der Waals surface area (Å²) in [5, 5.41) is 3.29. The van der Waals surface area contributed by atoms with E-state index in [0.717, 1.165) is 6.54 Å². The summed E-state index contributed by atoms with van der Waals surface area (Å²) in [7, 11) is 6.44. The summed E-state index contributed by atoms with van der Waals surface area (Å²) in [6.07, 6.45) is 5.53. The molecule has 1 rings (SSSR count). The molecular weight excluding hydrogens is 136 g/mol. The van der Waals surface area contributed by atoms with Gasteiger partial charge in [-0.2, -0.15) is 0 Å². The standard InChI is InChI=1S/C9H20N2/c1-10-8-9(11(2)3)6-4-5-7-9/h10H,4-8H2,1-3H3. The zero-order valence-electron chi connectivity index (χ0n) is 7.98. The van der Waals surface area contributed by atoms with Gasteiger partial charge in [0.25, 0.3) is 0 Å². The van der Waals surface area contributed by atoms with Crippen molar-refractivity contribution < 1.29 is 0 Å². The van der Waals surface area contributed by atoms with Gasteiger partial charge in [-0.05, 0) is 34.0 Å². The number of hydrogen-bond donors (Lipinski definition) is 1. The van der Waals surface area contributed by atoms with E-state index in [1.54, 1.807) is 0 Å². The van der Waals surface area contributed by atoms with E-state index in [-0.39, 0.29) is 0 Å². The van der Waals surface area contributed by atoms with Gasteiger partial charge in [-0.15, -0.1) is 0 Å². The Morgan fingerprint density at radius 3 is 2.18 bits per heavy atom. The Hall–Kier alpha value is -0.0800. The van der Waals surface area contributed by atoms with Crippen LogP contribution in [0, 0.1) is 0 Å². The second-order valence-electron chi connectivity index (χ2n) is 3.86. The van der Waals surface area contributed by atoms with Crippen molar-refractivity contribution in [2.24, 2.45) is 0 Å². The van der Waals surface area contributed by atoms with Crippen LogP contribution < -0.4 is 5.32 Å². The molecule has 2 heteroatoms. The van der Waals surface area contributed by atoms with Gasteiger partial charge in [0.1, 0.15) is 0 Å². The van der Waals surface area contributed by atoms with Crippen molar-refractivity contribution in [1.82, 2.24) is 10.2 Å².